The monoisotopic (exact) mass is 183 g/mol. The lowest BCUT2D eigenvalue weighted by Crippen LogP contribution is -2.21. The molecule has 1 aromatic heterocycles. The van der Waals surface area contributed by atoms with E-state index in [1.807, 2.05) is 0 Å². The van der Waals surface area contributed by atoms with Crippen molar-refractivity contribution >= 4 is 5.91 Å². The van der Waals surface area contributed by atoms with Crippen LogP contribution in [0.25, 0.3) is 0 Å². The highest BCUT2D eigenvalue weighted by molar-refractivity contribution is 5.72. The molecule has 13 heavy (non-hydrogen) atoms. The lowest BCUT2D eigenvalue weighted by molar-refractivity contribution is -0.118. The Balaban J connectivity index is 2.24. The third-order valence-electron chi connectivity index (χ3n) is 1.72. The molecule has 0 atom stereocenters. The summed E-state index contributed by atoms with van der Waals surface area (Å²) in [6.45, 7) is 2.09. The molecule has 0 spiro atoms. The van der Waals surface area contributed by atoms with Gasteiger partial charge in [-0.15, -0.1) is 0 Å². The minimum Gasteiger partial charge on any atom is -0.356 e. The van der Waals surface area contributed by atoms with Crippen LogP contribution in [0.1, 0.15) is 18.9 Å². The van der Waals surface area contributed by atoms with E-state index in [0.717, 1.165) is 12.0 Å². The first-order valence-electron chi connectivity index (χ1n) is 4.19. The SMILES string of the molecule is CC(=O)NCCCc1c[nH][nH]c1=O. The Bertz CT molecular complexity index is 326. The maximum atomic E-state index is 11.0. The number of nitrogens with one attached hydrogen (secondary N) is 3. The summed E-state index contributed by atoms with van der Waals surface area (Å²) < 4.78 is 0. The fourth-order valence-corrected chi connectivity index (χ4v) is 1.06. The van der Waals surface area contributed by atoms with Gasteiger partial charge in [-0.1, -0.05) is 0 Å². The molecule has 0 aliphatic rings. The Morgan fingerprint density at radius 3 is 2.92 bits per heavy atom. The van der Waals surface area contributed by atoms with Crippen molar-refractivity contribution in [1.82, 2.24) is 15.5 Å². The van der Waals surface area contributed by atoms with E-state index in [1.54, 1.807) is 6.20 Å². The van der Waals surface area contributed by atoms with Crippen molar-refractivity contribution in [2.24, 2.45) is 0 Å². The van der Waals surface area contributed by atoms with Crippen molar-refractivity contribution in [3.05, 3.63) is 22.1 Å². The number of H-pyrrole nitrogens is 2. The topological polar surface area (TPSA) is 77.8 Å². The van der Waals surface area contributed by atoms with Crippen LogP contribution in [-0.2, 0) is 11.2 Å². The van der Waals surface area contributed by atoms with Gasteiger partial charge in [-0.25, -0.2) is 0 Å². The summed E-state index contributed by atoms with van der Waals surface area (Å²) in [5.74, 6) is -0.0389. The van der Waals surface area contributed by atoms with Crippen LogP contribution >= 0.6 is 0 Å². The second-order valence-corrected chi connectivity index (χ2v) is 2.85. The van der Waals surface area contributed by atoms with Gasteiger partial charge in [0.1, 0.15) is 0 Å². The highest BCUT2D eigenvalue weighted by Crippen LogP contribution is 1.92. The zero-order valence-corrected chi connectivity index (χ0v) is 7.52. The number of aromatic amines is 2. The molecule has 0 radical (unpaired) electrons. The summed E-state index contributed by atoms with van der Waals surface area (Å²) in [7, 11) is 0. The second kappa shape index (κ2) is 4.49. The zero-order valence-electron chi connectivity index (χ0n) is 7.52. The normalized spacial score (nSPS) is 9.92. The Morgan fingerprint density at radius 1 is 1.62 bits per heavy atom. The molecule has 0 saturated carbocycles. The highest BCUT2D eigenvalue weighted by Gasteiger charge is 1.99. The summed E-state index contributed by atoms with van der Waals surface area (Å²) in [5, 5.41) is 7.74. The van der Waals surface area contributed by atoms with Crippen LogP contribution in [0.2, 0.25) is 0 Å². The minimum atomic E-state index is -0.0807. The molecule has 1 heterocycles. The van der Waals surface area contributed by atoms with Crippen molar-refractivity contribution < 1.29 is 4.79 Å². The van der Waals surface area contributed by atoms with Gasteiger partial charge >= 0.3 is 0 Å². The zero-order chi connectivity index (χ0) is 9.68. The van der Waals surface area contributed by atoms with Gasteiger partial charge in [-0.2, -0.15) is 0 Å². The summed E-state index contributed by atoms with van der Waals surface area (Å²) in [6.07, 6.45) is 3.11. The average molecular weight is 183 g/mol. The minimum absolute atomic E-state index is 0.0389. The van der Waals surface area contributed by atoms with Crippen molar-refractivity contribution in [3.63, 3.8) is 0 Å². The van der Waals surface area contributed by atoms with Crippen LogP contribution in [-0.4, -0.2) is 22.6 Å². The molecule has 0 aromatic carbocycles. The number of rotatable bonds is 4. The summed E-state index contributed by atoms with van der Waals surface area (Å²) >= 11 is 0. The van der Waals surface area contributed by atoms with Crippen LogP contribution in [0.5, 0.6) is 0 Å². The number of amides is 1. The van der Waals surface area contributed by atoms with E-state index in [4.69, 9.17) is 0 Å². The lowest BCUT2D eigenvalue weighted by Gasteiger charge is -1.98. The number of carbonyl (C=O) groups excluding carboxylic acids is 1. The fraction of sp³-hybridized carbons (Fsp3) is 0.500. The van der Waals surface area contributed by atoms with E-state index < -0.39 is 0 Å². The summed E-state index contributed by atoms with van der Waals surface area (Å²) in [5.41, 5.74) is 0.646. The van der Waals surface area contributed by atoms with E-state index in [2.05, 4.69) is 15.5 Å². The van der Waals surface area contributed by atoms with Gasteiger partial charge in [0, 0.05) is 25.2 Å². The summed E-state index contributed by atoms with van der Waals surface area (Å²) in [4.78, 5) is 21.5. The molecule has 5 nitrogen and oxygen atoms in total. The first-order chi connectivity index (χ1) is 6.20. The third kappa shape index (κ3) is 3.14. The number of aromatic nitrogens is 2. The van der Waals surface area contributed by atoms with Crippen molar-refractivity contribution in [2.75, 3.05) is 6.54 Å². The lowest BCUT2D eigenvalue weighted by atomic mass is 10.2. The van der Waals surface area contributed by atoms with Gasteiger partial charge < -0.3 is 10.4 Å². The molecule has 0 aliphatic carbocycles. The molecule has 1 rings (SSSR count). The number of carbonyl (C=O) groups is 1. The number of hydrogen-bond acceptors (Lipinski definition) is 2. The molecule has 5 heteroatoms. The molecule has 0 saturated heterocycles. The Labute approximate surface area is 75.5 Å². The van der Waals surface area contributed by atoms with Crippen molar-refractivity contribution in [2.45, 2.75) is 19.8 Å². The maximum Gasteiger partial charge on any atom is 0.267 e. The highest BCUT2D eigenvalue weighted by atomic mass is 16.1. The van der Waals surface area contributed by atoms with Gasteiger partial charge in [0.2, 0.25) is 5.91 Å². The fourth-order valence-electron chi connectivity index (χ4n) is 1.06. The average Bonchev–Trinajstić information content (AvgIpc) is 2.45. The Hall–Kier alpha value is -1.52. The molecular formula is C8H13N3O2. The Kier molecular flexibility index (Phi) is 3.31. The molecule has 0 bridgehead atoms. The van der Waals surface area contributed by atoms with Crippen LogP contribution in [0.3, 0.4) is 0 Å². The molecule has 3 N–H and O–H groups in total. The smallest absolute Gasteiger partial charge is 0.267 e. The number of hydrogen-bond donors (Lipinski definition) is 3. The largest absolute Gasteiger partial charge is 0.356 e. The maximum absolute atomic E-state index is 11.0. The van der Waals surface area contributed by atoms with Gasteiger partial charge in [0.15, 0.2) is 0 Å². The molecule has 0 fully saturated rings. The molecular weight excluding hydrogens is 170 g/mol. The van der Waals surface area contributed by atoms with E-state index in [-0.39, 0.29) is 11.5 Å². The summed E-state index contributed by atoms with van der Waals surface area (Å²) in [6, 6.07) is 0. The standard InChI is InChI=1S/C8H13N3O2/c1-6(12)9-4-2-3-7-5-10-11-8(7)13/h5H,2-4H2,1H3,(H,9,12)(H2,10,11,13). The molecule has 1 amide bonds. The second-order valence-electron chi connectivity index (χ2n) is 2.85. The van der Waals surface area contributed by atoms with Gasteiger partial charge in [0.05, 0.1) is 0 Å². The van der Waals surface area contributed by atoms with Crippen molar-refractivity contribution in [1.29, 1.82) is 0 Å². The van der Waals surface area contributed by atoms with E-state index in [9.17, 15) is 9.59 Å². The van der Waals surface area contributed by atoms with E-state index in [1.165, 1.54) is 6.92 Å². The molecule has 72 valence electrons. The van der Waals surface area contributed by atoms with Gasteiger partial charge in [-0.3, -0.25) is 14.7 Å². The van der Waals surface area contributed by atoms with Crippen molar-refractivity contribution in [3.8, 4) is 0 Å². The van der Waals surface area contributed by atoms with Crippen LogP contribution in [0, 0.1) is 0 Å². The quantitative estimate of drug-likeness (QED) is 0.564. The predicted molar refractivity (Wildman–Crippen MR) is 48.4 cm³/mol. The number of aryl methyl sites for hydroxylation is 1. The molecule has 0 aliphatic heterocycles. The molecule has 1 aromatic rings. The van der Waals surface area contributed by atoms with Crippen LogP contribution in [0.15, 0.2) is 11.0 Å². The Morgan fingerprint density at radius 2 is 2.38 bits per heavy atom. The third-order valence-corrected chi connectivity index (χ3v) is 1.72. The van der Waals surface area contributed by atoms with E-state index >= 15 is 0 Å². The predicted octanol–water partition coefficient (Wildman–Crippen LogP) is -0.228. The first-order valence-corrected chi connectivity index (χ1v) is 4.19. The van der Waals surface area contributed by atoms with Gasteiger partial charge in [-0.05, 0) is 12.8 Å². The van der Waals surface area contributed by atoms with Gasteiger partial charge in [0.25, 0.3) is 5.56 Å². The van der Waals surface area contributed by atoms with Crippen LogP contribution in [0.4, 0.5) is 0 Å². The van der Waals surface area contributed by atoms with Crippen LogP contribution < -0.4 is 10.9 Å². The van der Waals surface area contributed by atoms with E-state index in [0.29, 0.717) is 13.0 Å². The first kappa shape index (κ1) is 9.57. The molecule has 0 unspecified atom stereocenters.